The Labute approximate surface area is 262 Å². The van der Waals surface area contributed by atoms with Crippen molar-refractivity contribution in [2.75, 3.05) is 6.61 Å². The molecule has 0 fully saturated rings. The Bertz CT molecular complexity index is 2110. The van der Waals surface area contributed by atoms with E-state index in [4.69, 9.17) is 19.7 Å². The number of esters is 1. The standard InChI is InChI=1S/C36H26FN3O4S/c1-2-43-35(42)31-32(26-6-4-3-5-7-26)39-36-40(33(31)27-14-16-28(37)17-15-27)34(41)30(45-36)20-23-12-18-29(19-13-23)44-22-25-10-8-24(21-38)9-11-25/h3-20,33H,2,22H2,1H3/b30-20-/t33-/m1/s1. The van der Waals surface area contributed by atoms with Gasteiger partial charge < -0.3 is 9.47 Å². The average Bonchev–Trinajstić information content (AvgIpc) is 3.38. The molecule has 1 aromatic heterocycles. The molecule has 0 radical (unpaired) electrons. The molecule has 1 atom stereocenters. The molecule has 0 bridgehead atoms. The minimum Gasteiger partial charge on any atom is -0.489 e. The molecule has 1 aliphatic heterocycles. The van der Waals surface area contributed by atoms with Gasteiger partial charge in [-0.15, -0.1) is 0 Å². The monoisotopic (exact) mass is 615 g/mol. The van der Waals surface area contributed by atoms with E-state index in [1.165, 1.54) is 28.0 Å². The van der Waals surface area contributed by atoms with Crippen LogP contribution in [0.15, 0.2) is 118 Å². The van der Waals surface area contributed by atoms with Crippen LogP contribution in [0, 0.1) is 17.1 Å². The zero-order valence-corrected chi connectivity index (χ0v) is 25.0. The molecule has 0 aliphatic carbocycles. The van der Waals surface area contributed by atoms with Crippen LogP contribution >= 0.6 is 11.3 Å². The Morgan fingerprint density at radius 3 is 2.38 bits per heavy atom. The number of rotatable bonds is 8. The molecule has 7 nitrogen and oxygen atoms in total. The second-order valence-electron chi connectivity index (χ2n) is 10.1. The topological polar surface area (TPSA) is 93.7 Å². The summed E-state index contributed by atoms with van der Waals surface area (Å²) in [7, 11) is 0. The average molecular weight is 616 g/mol. The number of halogens is 1. The lowest BCUT2D eigenvalue weighted by atomic mass is 9.93. The van der Waals surface area contributed by atoms with Crippen molar-refractivity contribution in [1.82, 2.24) is 4.57 Å². The number of ether oxygens (including phenoxy) is 2. The van der Waals surface area contributed by atoms with Gasteiger partial charge in [0.2, 0.25) is 0 Å². The third-order valence-electron chi connectivity index (χ3n) is 7.23. The third-order valence-corrected chi connectivity index (χ3v) is 8.21. The summed E-state index contributed by atoms with van der Waals surface area (Å²) >= 11 is 1.21. The SMILES string of the molecule is CCOC(=O)C1=C(c2ccccc2)N=c2s/c(=C\c3ccc(OCc4ccc(C#N)cc4)cc3)c(=O)n2[C@@H]1c1ccc(F)cc1. The fraction of sp³-hybridized carbons (Fsp3) is 0.111. The van der Waals surface area contributed by atoms with Crippen molar-refractivity contribution in [2.24, 2.45) is 4.99 Å². The summed E-state index contributed by atoms with van der Waals surface area (Å²) < 4.78 is 27.2. The van der Waals surface area contributed by atoms with Gasteiger partial charge in [0.05, 0.1) is 40.1 Å². The van der Waals surface area contributed by atoms with Gasteiger partial charge in [0, 0.05) is 5.56 Å². The molecule has 9 heteroatoms. The van der Waals surface area contributed by atoms with Crippen molar-refractivity contribution in [1.29, 1.82) is 5.26 Å². The number of nitrogens with zero attached hydrogens (tertiary/aromatic N) is 3. The van der Waals surface area contributed by atoms with Gasteiger partial charge in [-0.25, -0.2) is 14.2 Å². The van der Waals surface area contributed by atoms with Crippen molar-refractivity contribution in [3.63, 3.8) is 0 Å². The Morgan fingerprint density at radius 1 is 1.00 bits per heavy atom. The Hall–Kier alpha value is -5.59. The summed E-state index contributed by atoms with van der Waals surface area (Å²) in [4.78, 5) is 32.7. The molecule has 2 heterocycles. The maximum Gasteiger partial charge on any atom is 0.338 e. The fourth-order valence-electron chi connectivity index (χ4n) is 5.05. The number of hydrogen-bond donors (Lipinski definition) is 0. The lowest BCUT2D eigenvalue weighted by Gasteiger charge is -2.25. The van der Waals surface area contributed by atoms with E-state index in [1.807, 2.05) is 66.7 Å². The van der Waals surface area contributed by atoms with E-state index < -0.39 is 17.8 Å². The Morgan fingerprint density at radius 2 is 1.71 bits per heavy atom. The van der Waals surface area contributed by atoms with Crippen molar-refractivity contribution in [2.45, 2.75) is 19.6 Å². The highest BCUT2D eigenvalue weighted by atomic mass is 32.1. The van der Waals surface area contributed by atoms with Crippen LogP contribution < -0.4 is 19.6 Å². The molecule has 6 rings (SSSR count). The van der Waals surface area contributed by atoms with Gasteiger partial charge in [0.25, 0.3) is 5.56 Å². The molecule has 0 amide bonds. The fourth-order valence-corrected chi connectivity index (χ4v) is 6.06. The number of aromatic nitrogens is 1. The number of fused-ring (bicyclic) bond motifs is 1. The van der Waals surface area contributed by atoms with E-state index in [-0.39, 0.29) is 17.7 Å². The number of thiazole rings is 1. The minimum absolute atomic E-state index is 0.137. The van der Waals surface area contributed by atoms with Crippen LogP contribution in [0.5, 0.6) is 5.75 Å². The summed E-state index contributed by atoms with van der Waals surface area (Å²) in [6, 6.07) is 30.8. The summed E-state index contributed by atoms with van der Waals surface area (Å²) in [5, 5.41) is 8.98. The van der Waals surface area contributed by atoms with E-state index in [2.05, 4.69) is 6.07 Å². The molecule has 4 aromatic carbocycles. The summed E-state index contributed by atoms with van der Waals surface area (Å²) in [5.41, 5.74) is 3.83. The van der Waals surface area contributed by atoms with Gasteiger partial charge in [-0.05, 0) is 66.1 Å². The second kappa shape index (κ2) is 13.0. The van der Waals surface area contributed by atoms with Crippen molar-refractivity contribution in [3.8, 4) is 11.8 Å². The highest BCUT2D eigenvalue weighted by Gasteiger charge is 2.35. The van der Waals surface area contributed by atoms with E-state index >= 15 is 0 Å². The van der Waals surface area contributed by atoms with Crippen molar-refractivity contribution < 1.29 is 18.7 Å². The molecule has 5 aromatic rings. The number of hydrogen-bond acceptors (Lipinski definition) is 7. The molecule has 1 aliphatic rings. The first-order valence-electron chi connectivity index (χ1n) is 14.2. The van der Waals surface area contributed by atoms with Gasteiger partial charge in [-0.3, -0.25) is 9.36 Å². The van der Waals surface area contributed by atoms with E-state index in [1.54, 1.807) is 37.3 Å². The van der Waals surface area contributed by atoms with E-state index in [0.29, 0.717) is 44.1 Å². The maximum atomic E-state index is 14.0. The molecule has 0 spiro atoms. The van der Waals surface area contributed by atoms with Crippen LogP contribution in [0.3, 0.4) is 0 Å². The molecular weight excluding hydrogens is 589 g/mol. The van der Waals surface area contributed by atoms with E-state index in [0.717, 1.165) is 11.1 Å². The van der Waals surface area contributed by atoms with Gasteiger partial charge in [-0.1, -0.05) is 78.1 Å². The highest BCUT2D eigenvalue weighted by Crippen LogP contribution is 2.35. The zero-order valence-electron chi connectivity index (χ0n) is 24.1. The van der Waals surface area contributed by atoms with Crippen LogP contribution in [0.25, 0.3) is 11.8 Å². The minimum atomic E-state index is -0.878. The normalized spacial score (nSPS) is 14.3. The predicted molar refractivity (Wildman–Crippen MR) is 169 cm³/mol. The third kappa shape index (κ3) is 6.23. The van der Waals surface area contributed by atoms with Crippen LogP contribution in [-0.2, 0) is 16.1 Å². The predicted octanol–water partition coefficient (Wildman–Crippen LogP) is 5.53. The Kier molecular flexibility index (Phi) is 8.49. The summed E-state index contributed by atoms with van der Waals surface area (Å²) in [6.45, 7) is 2.20. The lowest BCUT2D eigenvalue weighted by Crippen LogP contribution is -2.40. The number of carbonyl (C=O) groups excluding carboxylic acids is 1. The largest absolute Gasteiger partial charge is 0.489 e. The molecule has 0 saturated carbocycles. The first-order valence-corrected chi connectivity index (χ1v) is 15.0. The molecule has 45 heavy (non-hydrogen) atoms. The van der Waals surface area contributed by atoms with E-state index in [9.17, 15) is 14.0 Å². The molecule has 222 valence electrons. The first-order chi connectivity index (χ1) is 21.9. The summed E-state index contributed by atoms with van der Waals surface area (Å²) in [5.74, 6) is -0.374. The number of nitriles is 1. The number of carbonyl (C=O) groups is 1. The van der Waals surface area contributed by atoms with Crippen LogP contribution in [0.1, 0.15) is 40.8 Å². The maximum absolute atomic E-state index is 14.0. The molecular formula is C36H26FN3O4S. The smallest absolute Gasteiger partial charge is 0.338 e. The van der Waals surface area contributed by atoms with Gasteiger partial charge in [-0.2, -0.15) is 5.26 Å². The van der Waals surface area contributed by atoms with Crippen LogP contribution in [0.2, 0.25) is 0 Å². The summed E-state index contributed by atoms with van der Waals surface area (Å²) in [6.07, 6.45) is 1.77. The van der Waals surface area contributed by atoms with Gasteiger partial charge in [0.1, 0.15) is 18.2 Å². The molecule has 0 N–H and O–H groups in total. The highest BCUT2D eigenvalue weighted by molar-refractivity contribution is 7.07. The van der Waals surface area contributed by atoms with Crippen molar-refractivity contribution in [3.05, 3.63) is 162 Å². The lowest BCUT2D eigenvalue weighted by molar-refractivity contribution is -0.138. The molecule has 0 saturated heterocycles. The van der Waals surface area contributed by atoms with Gasteiger partial charge >= 0.3 is 5.97 Å². The van der Waals surface area contributed by atoms with Gasteiger partial charge in [0.15, 0.2) is 4.80 Å². The Balaban J connectivity index is 1.40. The second-order valence-corrected chi connectivity index (χ2v) is 11.2. The number of benzene rings is 4. The quantitative estimate of drug-likeness (QED) is 0.214. The van der Waals surface area contributed by atoms with Crippen LogP contribution in [0.4, 0.5) is 4.39 Å². The first kappa shape index (κ1) is 29.5. The van der Waals surface area contributed by atoms with Crippen LogP contribution in [-0.4, -0.2) is 17.1 Å². The zero-order chi connectivity index (χ0) is 31.3. The molecule has 0 unspecified atom stereocenters. The van der Waals surface area contributed by atoms with Crippen molar-refractivity contribution >= 4 is 29.1 Å².